The molecule has 8 aromatic carbocycles. The van der Waals surface area contributed by atoms with Crippen LogP contribution in [-0.2, 0) is 0 Å². The van der Waals surface area contributed by atoms with Gasteiger partial charge in [0.1, 0.15) is 0 Å². The zero-order valence-corrected chi connectivity index (χ0v) is 21.2. The summed E-state index contributed by atoms with van der Waals surface area (Å²) in [6.07, 6.45) is 0. The quantitative estimate of drug-likeness (QED) is 0.182. The van der Waals surface area contributed by atoms with Gasteiger partial charge in [0.15, 0.2) is 0 Å². The molecule has 0 bridgehead atoms. The van der Waals surface area contributed by atoms with E-state index in [1.165, 1.54) is 87.1 Å². The lowest BCUT2D eigenvalue weighted by atomic mass is 9.92. The first kappa shape index (κ1) is 20.9. The second-order valence-electron chi connectivity index (χ2n) is 10.6. The molecular formula is C38H23N. The van der Waals surface area contributed by atoms with Crippen molar-refractivity contribution < 1.29 is 0 Å². The van der Waals surface area contributed by atoms with Crippen molar-refractivity contribution in [2.75, 3.05) is 0 Å². The maximum atomic E-state index is 3.78. The number of pyridine rings is 1. The van der Waals surface area contributed by atoms with Crippen LogP contribution in [-0.4, -0.2) is 4.98 Å². The van der Waals surface area contributed by atoms with Gasteiger partial charge in [-0.1, -0.05) is 103 Å². The molecule has 1 heteroatoms. The maximum absolute atomic E-state index is 3.78. The lowest BCUT2D eigenvalue weighted by molar-refractivity contribution is 1.52. The number of rotatable bonds is 2. The van der Waals surface area contributed by atoms with E-state index < -0.39 is 0 Å². The van der Waals surface area contributed by atoms with Gasteiger partial charge in [-0.2, -0.15) is 0 Å². The lowest BCUT2D eigenvalue weighted by Crippen LogP contribution is -1.87. The van der Waals surface area contributed by atoms with E-state index in [4.69, 9.17) is 0 Å². The predicted molar refractivity (Wildman–Crippen MR) is 168 cm³/mol. The maximum Gasteiger partial charge on any atom is 0.0471 e. The third kappa shape index (κ3) is 2.90. The van der Waals surface area contributed by atoms with Gasteiger partial charge in [-0.15, -0.1) is 0 Å². The molecule has 0 aliphatic carbocycles. The van der Waals surface area contributed by atoms with E-state index in [9.17, 15) is 0 Å². The van der Waals surface area contributed by atoms with E-state index in [0.717, 1.165) is 0 Å². The van der Waals surface area contributed by atoms with E-state index in [0.29, 0.717) is 0 Å². The Hall–Kier alpha value is -5.14. The summed E-state index contributed by atoms with van der Waals surface area (Å²) in [5, 5.41) is 13.1. The van der Waals surface area contributed by atoms with Crippen LogP contribution in [0.1, 0.15) is 0 Å². The number of nitrogens with one attached hydrogen (secondary N) is 1. The van der Waals surface area contributed by atoms with E-state index in [-0.39, 0.29) is 0 Å². The first-order chi connectivity index (χ1) is 19.3. The number of fused-ring (bicyclic) bond motifs is 6. The highest BCUT2D eigenvalue weighted by Gasteiger charge is 2.19. The molecule has 0 atom stereocenters. The highest BCUT2D eigenvalue weighted by atomic mass is 14.7. The largest absolute Gasteiger partial charge is 0.354 e. The van der Waals surface area contributed by atoms with Crippen LogP contribution < -0.4 is 0 Å². The Morgan fingerprint density at radius 2 is 0.846 bits per heavy atom. The van der Waals surface area contributed by atoms with Gasteiger partial charge in [-0.25, -0.2) is 0 Å². The third-order valence-corrected chi connectivity index (χ3v) is 8.51. The molecule has 1 aromatic heterocycles. The minimum Gasteiger partial charge on any atom is -0.354 e. The molecule has 0 aliphatic rings. The zero-order chi connectivity index (χ0) is 25.5. The molecule has 39 heavy (non-hydrogen) atoms. The molecule has 0 spiro atoms. The number of hydrogen-bond acceptors (Lipinski definition) is 0. The van der Waals surface area contributed by atoms with Gasteiger partial charge in [-0.05, 0) is 90.3 Å². The third-order valence-electron chi connectivity index (χ3n) is 8.51. The molecule has 9 rings (SSSR count). The molecular weight excluding hydrogens is 470 g/mol. The molecule has 0 saturated carbocycles. The Labute approximate surface area is 225 Å². The van der Waals surface area contributed by atoms with Crippen molar-refractivity contribution in [3.05, 3.63) is 133 Å². The molecule has 0 radical (unpaired) electrons. The van der Waals surface area contributed by atoms with Crippen LogP contribution in [0.3, 0.4) is 0 Å². The smallest absolute Gasteiger partial charge is 0.0471 e. The summed E-state index contributed by atoms with van der Waals surface area (Å²) in [6, 6.07) is 48.9. The highest BCUT2D eigenvalue weighted by Crippen LogP contribution is 2.46. The monoisotopic (exact) mass is 493 g/mol. The normalized spacial score (nSPS) is 12.1. The Morgan fingerprint density at radius 3 is 1.46 bits per heavy atom. The first-order valence-corrected chi connectivity index (χ1v) is 13.5. The van der Waals surface area contributed by atoms with Crippen molar-refractivity contribution in [1.82, 2.24) is 4.98 Å². The summed E-state index contributed by atoms with van der Waals surface area (Å²) in [6.45, 7) is 0. The molecule has 0 amide bonds. The fourth-order valence-electron chi connectivity index (χ4n) is 6.74. The van der Waals surface area contributed by atoms with E-state index >= 15 is 0 Å². The topological polar surface area (TPSA) is 15.8 Å². The fourth-order valence-corrected chi connectivity index (χ4v) is 6.74. The van der Waals surface area contributed by atoms with Crippen LogP contribution in [0.2, 0.25) is 0 Å². The average molecular weight is 494 g/mol. The Bertz CT molecular complexity index is 2280. The van der Waals surface area contributed by atoms with Crippen molar-refractivity contribution in [2.45, 2.75) is 0 Å². The molecule has 0 saturated heterocycles. The van der Waals surface area contributed by atoms with Crippen LogP contribution in [0.15, 0.2) is 133 Å². The predicted octanol–water partition coefficient (Wildman–Crippen LogP) is 10.7. The molecule has 0 aliphatic heterocycles. The Morgan fingerprint density at radius 1 is 0.333 bits per heavy atom. The van der Waals surface area contributed by atoms with Gasteiger partial charge in [0.25, 0.3) is 0 Å². The van der Waals surface area contributed by atoms with Gasteiger partial charge in [-0.3, -0.25) is 0 Å². The molecule has 0 fully saturated rings. The van der Waals surface area contributed by atoms with E-state index in [2.05, 4.69) is 138 Å². The molecule has 9 aromatic rings. The summed E-state index contributed by atoms with van der Waals surface area (Å²) in [5.41, 5.74) is 7.39. The summed E-state index contributed by atoms with van der Waals surface area (Å²) < 4.78 is 0. The van der Waals surface area contributed by atoms with Crippen LogP contribution in [0.5, 0.6) is 0 Å². The van der Waals surface area contributed by atoms with Crippen LogP contribution >= 0.6 is 0 Å². The summed E-state index contributed by atoms with van der Waals surface area (Å²) in [4.78, 5) is 3.78. The minimum absolute atomic E-state index is 1.18. The molecule has 0 unspecified atom stereocenters. The van der Waals surface area contributed by atoms with Crippen molar-refractivity contribution in [1.29, 1.82) is 0 Å². The van der Waals surface area contributed by atoms with Crippen LogP contribution in [0.4, 0.5) is 0 Å². The second kappa shape index (κ2) is 7.69. The Kier molecular flexibility index (Phi) is 4.11. The van der Waals surface area contributed by atoms with Crippen molar-refractivity contribution in [3.8, 4) is 22.3 Å². The number of H-pyrrole nitrogens is 1. The van der Waals surface area contributed by atoms with Gasteiger partial charge in [0.2, 0.25) is 0 Å². The summed E-state index contributed by atoms with van der Waals surface area (Å²) in [5.74, 6) is 0. The van der Waals surface area contributed by atoms with Crippen LogP contribution in [0, 0.1) is 0 Å². The van der Waals surface area contributed by atoms with Gasteiger partial charge >= 0.3 is 0 Å². The van der Waals surface area contributed by atoms with Gasteiger partial charge in [0.05, 0.1) is 0 Å². The summed E-state index contributed by atoms with van der Waals surface area (Å²) in [7, 11) is 0. The standard InChI is InChI=1S/C38H23N/c1-3-9-23(10-4-1)30-21-32-27-15-16-29-34-19-25-13-7-8-14-26(25)20-36(34)39-35-18-17-28(37(27)38(29)35)33(32)22-31(30)24-11-5-2-6-12-24/h1-22,39H. The number of benzene rings is 7. The summed E-state index contributed by atoms with van der Waals surface area (Å²) >= 11 is 0. The number of aromatic nitrogens is 1. The molecule has 180 valence electrons. The fraction of sp³-hybridized carbons (Fsp3) is 0. The number of hydrogen-bond donors (Lipinski definition) is 1. The van der Waals surface area contributed by atoms with Crippen LogP contribution in [0.25, 0.3) is 87.1 Å². The van der Waals surface area contributed by atoms with Crippen molar-refractivity contribution >= 4 is 64.9 Å². The van der Waals surface area contributed by atoms with Crippen molar-refractivity contribution in [2.24, 2.45) is 0 Å². The highest BCUT2D eigenvalue weighted by molar-refractivity contribution is 6.37. The second-order valence-corrected chi connectivity index (χ2v) is 10.6. The van der Waals surface area contributed by atoms with Crippen molar-refractivity contribution in [3.63, 3.8) is 0 Å². The van der Waals surface area contributed by atoms with Gasteiger partial charge < -0.3 is 4.98 Å². The lowest BCUT2D eigenvalue weighted by Gasteiger charge is -2.12. The molecule has 1 N–H and O–H groups in total. The van der Waals surface area contributed by atoms with E-state index in [1.807, 2.05) is 0 Å². The minimum atomic E-state index is 1.18. The molecule has 1 nitrogen and oxygen atoms in total. The average Bonchev–Trinajstić information content (AvgIpc) is 3.32. The SMILES string of the molecule is c1ccc(-c2cc3c(cc2-c2ccccc2)c2ccc4c5cc6ccccc6cc5[nH]c5ccc3c2c54)cc1. The first-order valence-electron chi connectivity index (χ1n) is 13.5. The number of aromatic amines is 1. The Balaban J connectivity index is 1.44. The van der Waals surface area contributed by atoms with Gasteiger partial charge in [0, 0.05) is 27.2 Å². The molecule has 1 heterocycles. The zero-order valence-electron chi connectivity index (χ0n) is 21.2. The van der Waals surface area contributed by atoms with E-state index in [1.54, 1.807) is 0 Å².